The van der Waals surface area contributed by atoms with Crippen LogP contribution in [0.2, 0.25) is 0 Å². The number of rotatable bonds is 7. The highest BCUT2D eigenvalue weighted by Gasteiger charge is 2.16. The van der Waals surface area contributed by atoms with Crippen molar-refractivity contribution in [1.82, 2.24) is 9.78 Å². The highest BCUT2D eigenvalue weighted by molar-refractivity contribution is 5.93. The molecule has 1 N–H and O–H groups in total. The number of hydrogen-bond donors (Lipinski definition) is 1. The molecule has 0 bridgehead atoms. The summed E-state index contributed by atoms with van der Waals surface area (Å²) in [6, 6.07) is 17.7. The average molecular weight is 363 g/mol. The number of benzene rings is 2. The van der Waals surface area contributed by atoms with Crippen LogP contribution in [0.3, 0.4) is 0 Å². The van der Waals surface area contributed by atoms with Gasteiger partial charge < -0.3 is 10.1 Å². The molecule has 2 aromatic carbocycles. The number of anilines is 1. The van der Waals surface area contributed by atoms with Crippen molar-refractivity contribution in [3.8, 4) is 5.69 Å². The summed E-state index contributed by atoms with van der Waals surface area (Å²) >= 11 is 0. The van der Waals surface area contributed by atoms with Gasteiger partial charge in [-0.25, -0.2) is 4.68 Å². The Hall–Kier alpha value is -2.92. The Labute approximate surface area is 160 Å². The molecule has 0 aliphatic heterocycles. The number of hydrogen-bond acceptors (Lipinski definition) is 3. The van der Waals surface area contributed by atoms with Crippen LogP contribution in [0.5, 0.6) is 0 Å². The first-order chi connectivity index (χ1) is 13.1. The van der Waals surface area contributed by atoms with Crippen molar-refractivity contribution in [2.75, 3.05) is 11.9 Å². The van der Waals surface area contributed by atoms with Crippen LogP contribution in [0, 0.1) is 13.8 Å². The number of nitrogens with zero attached hydrogens (tertiary/aromatic N) is 2. The summed E-state index contributed by atoms with van der Waals surface area (Å²) in [6.45, 7) is 7.02. The smallest absolute Gasteiger partial charge is 0.228 e. The average Bonchev–Trinajstić information content (AvgIpc) is 2.96. The van der Waals surface area contributed by atoms with E-state index in [0.717, 1.165) is 33.9 Å². The van der Waals surface area contributed by atoms with Gasteiger partial charge in [0.15, 0.2) is 0 Å². The second kappa shape index (κ2) is 8.64. The molecule has 0 saturated carbocycles. The van der Waals surface area contributed by atoms with Gasteiger partial charge >= 0.3 is 0 Å². The van der Waals surface area contributed by atoms with Gasteiger partial charge in [0.1, 0.15) is 0 Å². The van der Waals surface area contributed by atoms with Crippen molar-refractivity contribution >= 4 is 11.6 Å². The molecule has 0 unspecified atom stereocenters. The number of carbonyl (C=O) groups excluding carboxylic acids is 1. The minimum absolute atomic E-state index is 0.0576. The third-order valence-corrected chi connectivity index (χ3v) is 4.53. The van der Waals surface area contributed by atoms with Crippen LogP contribution in [0.15, 0.2) is 54.6 Å². The lowest BCUT2D eigenvalue weighted by Crippen LogP contribution is -2.16. The van der Waals surface area contributed by atoms with Crippen LogP contribution in [0.1, 0.15) is 29.4 Å². The second-order valence-corrected chi connectivity index (χ2v) is 6.42. The van der Waals surface area contributed by atoms with Gasteiger partial charge in [0.05, 0.1) is 24.4 Å². The minimum Gasteiger partial charge on any atom is -0.377 e. The third kappa shape index (κ3) is 4.44. The molecule has 0 aliphatic rings. The molecule has 5 heteroatoms. The van der Waals surface area contributed by atoms with Crippen LogP contribution in [-0.4, -0.2) is 22.3 Å². The van der Waals surface area contributed by atoms with Crippen LogP contribution >= 0.6 is 0 Å². The van der Waals surface area contributed by atoms with E-state index in [4.69, 9.17) is 4.74 Å². The number of aromatic nitrogens is 2. The molecule has 0 spiro atoms. The molecule has 3 aromatic rings. The number of aryl methyl sites for hydroxylation is 1. The van der Waals surface area contributed by atoms with Gasteiger partial charge in [-0.1, -0.05) is 36.4 Å². The molecular weight excluding hydrogens is 338 g/mol. The predicted molar refractivity (Wildman–Crippen MR) is 107 cm³/mol. The first kappa shape index (κ1) is 18.9. The maximum absolute atomic E-state index is 12.7. The fraction of sp³-hybridized carbons (Fsp3) is 0.273. The molecule has 5 nitrogen and oxygen atoms in total. The zero-order chi connectivity index (χ0) is 19.2. The molecule has 0 aliphatic carbocycles. The molecule has 0 atom stereocenters. The first-order valence-corrected chi connectivity index (χ1v) is 9.16. The largest absolute Gasteiger partial charge is 0.377 e. The molecular formula is C22H25N3O2. The lowest BCUT2D eigenvalue weighted by molar-refractivity contribution is -0.115. The van der Waals surface area contributed by atoms with Crippen molar-refractivity contribution in [3.05, 3.63) is 77.1 Å². The first-order valence-electron chi connectivity index (χ1n) is 9.16. The van der Waals surface area contributed by atoms with Crippen molar-refractivity contribution in [3.63, 3.8) is 0 Å². The van der Waals surface area contributed by atoms with E-state index in [9.17, 15) is 4.79 Å². The van der Waals surface area contributed by atoms with Crippen molar-refractivity contribution in [2.45, 2.75) is 33.8 Å². The van der Waals surface area contributed by atoms with Gasteiger partial charge in [-0.05, 0) is 39.0 Å². The van der Waals surface area contributed by atoms with E-state index >= 15 is 0 Å². The quantitative estimate of drug-likeness (QED) is 0.684. The van der Waals surface area contributed by atoms with Crippen LogP contribution < -0.4 is 5.32 Å². The Bertz CT molecular complexity index is 917. The van der Waals surface area contributed by atoms with Crippen molar-refractivity contribution < 1.29 is 9.53 Å². The van der Waals surface area contributed by atoms with Crippen LogP contribution in [-0.2, 0) is 22.6 Å². The Balaban J connectivity index is 1.77. The maximum atomic E-state index is 12.7. The molecule has 1 heterocycles. The molecule has 0 fully saturated rings. The van der Waals surface area contributed by atoms with E-state index in [1.165, 1.54) is 0 Å². The molecule has 140 valence electrons. The highest BCUT2D eigenvalue weighted by Crippen LogP contribution is 2.20. The number of amides is 1. The standard InChI is InChI=1S/C22H25N3O2/c1-4-27-15-18-10-8-9-13-21(18)23-22(26)14-20-16(2)24-25(17(20)3)19-11-6-5-7-12-19/h5-13H,4,14-15H2,1-3H3,(H,23,26). The maximum Gasteiger partial charge on any atom is 0.228 e. The normalized spacial score (nSPS) is 10.8. The van der Waals surface area contributed by atoms with Gasteiger partial charge in [-0.15, -0.1) is 0 Å². The fourth-order valence-corrected chi connectivity index (χ4v) is 3.09. The third-order valence-electron chi connectivity index (χ3n) is 4.53. The molecule has 1 amide bonds. The Kier molecular flexibility index (Phi) is 6.04. The lowest BCUT2D eigenvalue weighted by Gasteiger charge is -2.11. The Morgan fingerprint density at radius 2 is 1.78 bits per heavy atom. The summed E-state index contributed by atoms with van der Waals surface area (Å²) in [5.41, 5.74) is 5.57. The fourth-order valence-electron chi connectivity index (χ4n) is 3.09. The van der Waals surface area contributed by atoms with Crippen molar-refractivity contribution in [1.29, 1.82) is 0 Å². The molecule has 1 aromatic heterocycles. The van der Waals surface area contributed by atoms with Crippen molar-refractivity contribution in [2.24, 2.45) is 0 Å². The van der Waals surface area contributed by atoms with E-state index < -0.39 is 0 Å². The molecule has 3 rings (SSSR count). The van der Waals surface area contributed by atoms with Gasteiger partial charge in [0.25, 0.3) is 0 Å². The topological polar surface area (TPSA) is 56.1 Å². The number of carbonyl (C=O) groups is 1. The summed E-state index contributed by atoms with van der Waals surface area (Å²) in [7, 11) is 0. The van der Waals surface area contributed by atoms with E-state index in [1.54, 1.807) is 0 Å². The Morgan fingerprint density at radius 3 is 2.52 bits per heavy atom. The molecule has 0 saturated heterocycles. The summed E-state index contributed by atoms with van der Waals surface area (Å²) in [5.74, 6) is -0.0576. The number of para-hydroxylation sites is 2. The van der Waals surface area contributed by atoms with E-state index in [-0.39, 0.29) is 12.3 Å². The molecule has 0 radical (unpaired) electrons. The summed E-state index contributed by atoms with van der Waals surface area (Å²) in [6.07, 6.45) is 0.285. The molecule has 27 heavy (non-hydrogen) atoms. The summed E-state index contributed by atoms with van der Waals surface area (Å²) < 4.78 is 7.38. The van der Waals surface area contributed by atoms with Gasteiger partial charge in [-0.2, -0.15) is 5.10 Å². The SMILES string of the molecule is CCOCc1ccccc1NC(=O)Cc1c(C)nn(-c2ccccc2)c1C. The Morgan fingerprint density at radius 1 is 1.07 bits per heavy atom. The zero-order valence-corrected chi connectivity index (χ0v) is 16.0. The summed E-state index contributed by atoms with van der Waals surface area (Å²) in [5, 5.41) is 7.63. The van der Waals surface area contributed by atoms with Gasteiger partial charge in [0.2, 0.25) is 5.91 Å². The monoisotopic (exact) mass is 363 g/mol. The second-order valence-electron chi connectivity index (χ2n) is 6.42. The zero-order valence-electron chi connectivity index (χ0n) is 16.0. The minimum atomic E-state index is -0.0576. The highest BCUT2D eigenvalue weighted by atomic mass is 16.5. The van der Waals surface area contributed by atoms with E-state index in [0.29, 0.717) is 13.2 Å². The number of ether oxygens (including phenoxy) is 1. The van der Waals surface area contributed by atoms with Gasteiger partial charge in [0, 0.05) is 29.1 Å². The predicted octanol–water partition coefficient (Wildman–Crippen LogP) is 4.21. The van der Waals surface area contributed by atoms with E-state index in [1.807, 2.05) is 80.1 Å². The van der Waals surface area contributed by atoms with Gasteiger partial charge in [-0.3, -0.25) is 4.79 Å². The van der Waals surface area contributed by atoms with Crippen LogP contribution in [0.25, 0.3) is 5.69 Å². The van der Waals surface area contributed by atoms with Crippen LogP contribution in [0.4, 0.5) is 5.69 Å². The number of nitrogens with one attached hydrogen (secondary N) is 1. The summed E-state index contributed by atoms with van der Waals surface area (Å²) in [4.78, 5) is 12.7. The van der Waals surface area contributed by atoms with E-state index in [2.05, 4.69) is 10.4 Å². The lowest BCUT2D eigenvalue weighted by atomic mass is 10.1.